The molecule has 0 saturated heterocycles. The maximum Gasteiger partial charge on any atom is 0.339 e. The molecule has 0 unspecified atom stereocenters. The third-order valence-corrected chi connectivity index (χ3v) is 4.00. The molecule has 0 heterocycles. The van der Waals surface area contributed by atoms with Gasteiger partial charge in [0, 0.05) is 34.8 Å². The van der Waals surface area contributed by atoms with Gasteiger partial charge in [0.1, 0.15) is 0 Å². The Morgan fingerprint density at radius 3 is 1.36 bits per heavy atom. The zero-order chi connectivity index (χ0) is 16.4. The normalized spacial score (nSPS) is 11.9. The average molecular weight is 300 g/mol. The van der Waals surface area contributed by atoms with E-state index < -0.39 is 20.9 Å². The number of hydrogen-bond acceptors (Lipinski definition) is 4. The van der Waals surface area contributed by atoms with Gasteiger partial charge in [-0.3, -0.25) is 20.2 Å². The van der Waals surface area contributed by atoms with Crippen molar-refractivity contribution in [2.75, 3.05) is 0 Å². The van der Waals surface area contributed by atoms with Crippen molar-refractivity contribution in [3.63, 3.8) is 0 Å². The smallest absolute Gasteiger partial charge is 0.264 e. The lowest BCUT2D eigenvalue weighted by atomic mass is 9.70. The van der Waals surface area contributed by atoms with Crippen LogP contribution in [-0.4, -0.2) is 15.4 Å². The van der Waals surface area contributed by atoms with E-state index in [0.29, 0.717) is 0 Å². The predicted molar refractivity (Wildman–Crippen MR) is 81.7 cm³/mol. The molecule has 0 N–H and O–H groups in total. The van der Waals surface area contributed by atoms with Crippen LogP contribution in [0.2, 0.25) is 0 Å². The van der Waals surface area contributed by atoms with Gasteiger partial charge in [-0.25, -0.2) is 0 Å². The van der Waals surface area contributed by atoms with Crippen LogP contribution in [0.1, 0.15) is 25.0 Å². The first-order valence-electron chi connectivity index (χ1n) is 6.75. The van der Waals surface area contributed by atoms with Crippen LogP contribution in [-0.2, 0) is 5.54 Å². The van der Waals surface area contributed by atoms with Crippen molar-refractivity contribution in [2.45, 2.75) is 24.9 Å². The Balaban J connectivity index is 2.90. The molecule has 2 aromatic carbocycles. The monoisotopic (exact) mass is 300 g/mol. The highest BCUT2D eigenvalue weighted by Gasteiger charge is 2.67. The van der Waals surface area contributed by atoms with Gasteiger partial charge in [0.05, 0.1) is 0 Å². The minimum Gasteiger partial charge on any atom is -0.264 e. The molecule has 22 heavy (non-hydrogen) atoms. The van der Waals surface area contributed by atoms with E-state index in [9.17, 15) is 20.2 Å². The highest BCUT2D eigenvalue weighted by atomic mass is 16.6. The molecule has 0 spiro atoms. The molecule has 0 aliphatic rings. The van der Waals surface area contributed by atoms with E-state index in [1.165, 1.54) is 13.8 Å². The zero-order valence-electron chi connectivity index (χ0n) is 12.3. The number of rotatable bonds is 5. The minimum atomic E-state index is -1.97. The van der Waals surface area contributed by atoms with Crippen LogP contribution >= 0.6 is 0 Å². The van der Waals surface area contributed by atoms with Crippen LogP contribution in [0.3, 0.4) is 0 Å². The lowest BCUT2D eigenvalue weighted by Gasteiger charge is -2.33. The predicted octanol–water partition coefficient (Wildman–Crippen LogP) is 3.26. The minimum absolute atomic E-state index is 0.285. The van der Waals surface area contributed by atoms with Crippen molar-refractivity contribution in [1.82, 2.24) is 0 Å². The highest BCUT2D eigenvalue weighted by molar-refractivity contribution is 5.39. The van der Waals surface area contributed by atoms with Gasteiger partial charge < -0.3 is 0 Å². The quantitative estimate of drug-likeness (QED) is 0.626. The summed E-state index contributed by atoms with van der Waals surface area (Å²) in [6.45, 7) is 2.58. The van der Waals surface area contributed by atoms with Crippen molar-refractivity contribution in [3.8, 4) is 0 Å². The molecule has 2 aromatic rings. The second-order valence-corrected chi connectivity index (χ2v) is 5.52. The molecule has 0 atom stereocenters. The third-order valence-electron chi connectivity index (χ3n) is 4.00. The molecule has 0 amide bonds. The largest absolute Gasteiger partial charge is 0.339 e. The van der Waals surface area contributed by atoms with Crippen LogP contribution in [0, 0.1) is 20.2 Å². The van der Waals surface area contributed by atoms with E-state index >= 15 is 0 Å². The summed E-state index contributed by atoms with van der Waals surface area (Å²) < 4.78 is 0. The summed E-state index contributed by atoms with van der Waals surface area (Å²) in [6.07, 6.45) is 0. The number of hydrogen-bond donors (Lipinski definition) is 0. The summed E-state index contributed by atoms with van der Waals surface area (Å²) in [7, 11) is 0. The second kappa shape index (κ2) is 5.55. The Bertz CT molecular complexity index is 644. The van der Waals surface area contributed by atoms with Crippen LogP contribution < -0.4 is 0 Å². The van der Waals surface area contributed by atoms with Gasteiger partial charge in [-0.05, 0) is 0 Å². The van der Waals surface area contributed by atoms with Crippen molar-refractivity contribution in [2.24, 2.45) is 0 Å². The lowest BCUT2D eigenvalue weighted by molar-refractivity contribution is -0.678. The zero-order valence-corrected chi connectivity index (χ0v) is 12.3. The summed E-state index contributed by atoms with van der Waals surface area (Å²) in [4.78, 5) is 22.6. The van der Waals surface area contributed by atoms with Gasteiger partial charge in [-0.15, -0.1) is 0 Å². The van der Waals surface area contributed by atoms with Gasteiger partial charge in [-0.2, -0.15) is 0 Å². The lowest BCUT2D eigenvalue weighted by Crippen LogP contribution is -2.58. The fraction of sp³-hybridized carbons (Fsp3) is 0.250. The molecular weight excluding hydrogens is 284 g/mol. The maximum absolute atomic E-state index is 12.1. The fourth-order valence-corrected chi connectivity index (χ4v) is 2.80. The van der Waals surface area contributed by atoms with Gasteiger partial charge in [-0.1, -0.05) is 60.7 Å². The van der Waals surface area contributed by atoms with Crippen molar-refractivity contribution >= 4 is 0 Å². The molecule has 0 saturated carbocycles. The standard InChI is InChI=1S/C16H16N2O4/c1-15(2,17(19)20)16(18(21)22,13-9-5-3-6-10-13)14-11-7-4-8-12-14/h3-12H,1-2H3. The molecule has 6 heteroatoms. The first-order valence-corrected chi connectivity index (χ1v) is 6.75. The molecule has 2 rings (SSSR count). The van der Waals surface area contributed by atoms with E-state index in [2.05, 4.69) is 0 Å². The molecule has 0 aliphatic heterocycles. The summed E-state index contributed by atoms with van der Waals surface area (Å²) in [6, 6.07) is 16.2. The molecule has 114 valence electrons. The second-order valence-electron chi connectivity index (χ2n) is 5.52. The van der Waals surface area contributed by atoms with Gasteiger partial charge >= 0.3 is 5.54 Å². The molecule has 0 aromatic heterocycles. The van der Waals surface area contributed by atoms with Gasteiger partial charge in [0.25, 0.3) is 5.54 Å². The molecule has 6 nitrogen and oxygen atoms in total. The van der Waals surface area contributed by atoms with Crippen LogP contribution in [0.5, 0.6) is 0 Å². The number of nitro groups is 2. The van der Waals surface area contributed by atoms with Crippen molar-refractivity contribution < 1.29 is 9.85 Å². The van der Waals surface area contributed by atoms with E-state index in [1.54, 1.807) is 60.7 Å². The van der Waals surface area contributed by atoms with Crippen LogP contribution in [0.15, 0.2) is 60.7 Å². The average Bonchev–Trinajstić information content (AvgIpc) is 2.49. The summed E-state index contributed by atoms with van der Waals surface area (Å²) in [5.41, 5.74) is -3.24. The van der Waals surface area contributed by atoms with Crippen LogP contribution in [0.25, 0.3) is 0 Å². The van der Waals surface area contributed by atoms with E-state index in [0.717, 1.165) is 0 Å². The maximum atomic E-state index is 12.1. The van der Waals surface area contributed by atoms with Gasteiger partial charge in [0.2, 0.25) is 0 Å². The summed E-state index contributed by atoms with van der Waals surface area (Å²) in [5, 5.41) is 23.7. The van der Waals surface area contributed by atoms with E-state index in [4.69, 9.17) is 0 Å². The molecule has 0 fully saturated rings. The number of nitrogens with zero attached hydrogens (tertiary/aromatic N) is 2. The molecular formula is C16H16N2O4. The van der Waals surface area contributed by atoms with Crippen LogP contribution in [0.4, 0.5) is 0 Å². The van der Waals surface area contributed by atoms with Crippen molar-refractivity contribution in [3.05, 3.63) is 92.0 Å². The topological polar surface area (TPSA) is 86.3 Å². The Labute approximate surface area is 127 Å². The SMILES string of the molecule is CC(C)([N+](=O)[O-])C(c1ccccc1)(c1ccccc1)[N+](=O)[O-]. The Morgan fingerprint density at radius 1 is 0.727 bits per heavy atom. The van der Waals surface area contributed by atoms with E-state index in [1.807, 2.05) is 0 Å². The third kappa shape index (κ3) is 2.13. The summed E-state index contributed by atoms with van der Waals surface area (Å²) in [5.74, 6) is 0. The fourth-order valence-electron chi connectivity index (χ4n) is 2.80. The first kappa shape index (κ1) is 15.6. The van der Waals surface area contributed by atoms with Gasteiger partial charge in [0.15, 0.2) is 0 Å². The summed E-state index contributed by atoms with van der Waals surface area (Å²) >= 11 is 0. The van der Waals surface area contributed by atoms with Crippen molar-refractivity contribution in [1.29, 1.82) is 0 Å². The Kier molecular flexibility index (Phi) is 3.95. The molecule has 0 radical (unpaired) electrons. The highest BCUT2D eigenvalue weighted by Crippen LogP contribution is 2.43. The Morgan fingerprint density at radius 2 is 1.09 bits per heavy atom. The molecule has 0 aliphatic carbocycles. The van der Waals surface area contributed by atoms with E-state index in [-0.39, 0.29) is 11.1 Å². The number of benzene rings is 2. The molecule has 0 bridgehead atoms. The Hall–Kier alpha value is -2.76. The first-order chi connectivity index (χ1) is 10.3.